The van der Waals surface area contributed by atoms with Crippen LogP contribution in [0.2, 0.25) is 0 Å². The van der Waals surface area contributed by atoms with E-state index in [1.165, 1.54) is 0 Å². The molecule has 1 rings (SSSR count). The maximum Gasteiger partial charge on any atom is 0.246 e. The van der Waals surface area contributed by atoms with Crippen LogP contribution in [0.1, 0.15) is 0 Å². The maximum absolute atomic E-state index is 10.4. The van der Waals surface area contributed by atoms with Crippen LogP contribution in [0.3, 0.4) is 0 Å². The Kier molecular flexibility index (Phi) is 1.71. The summed E-state index contributed by atoms with van der Waals surface area (Å²) in [4.78, 5) is 10.4. The lowest BCUT2D eigenvalue weighted by atomic mass is 10.3. The molecule has 0 saturated carbocycles. The highest BCUT2D eigenvalue weighted by molar-refractivity contribution is 5.77. The van der Waals surface area contributed by atoms with Gasteiger partial charge in [0.1, 0.15) is 12.7 Å². The van der Waals surface area contributed by atoms with E-state index in [2.05, 4.69) is 11.2 Å². The molecule has 1 heterocycles. The highest BCUT2D eigenvalue weighted by Gasteiger charge is 2.14. The fourth-order valence-electron chi connectivity index (χ4n) is 0.600. The number of carbonyl (C=O) groups is 1. The molecule has 0 bridgehead atoms. The molecule has 3 heteroatoms. The van der Waals surface area contributed by atoms with Crippen LogP contribution in [0, 0.1) is 12.3 Å². The zero-order chi connectivity index (χ0) is 6.69. The van der Waals surface area contributed by atoms with Crippen molar-refractivity contribution in [1.82, 2.24) is 5.32 Å². The summed E-state index contributed by atoms with van der Waals surface area (Å²) in [5.41, 5.74) is 0. The van der Waals surface area contributed by atoms with Crippen molar-refractivity contribution in [1.29, 1.82) is 0 Å². The van der Waals surface area contributed by atoms with Crippen molar-refractivity contribution in [2.45, 2.75) is 6.10 Å². The van der Waals surface area contributed by atoms with E-state index in [1.54, 1.807) is 0 Å². The van der Waals surface area contributed by atoms with E-state index in [4.69, 9.17) is 11.2 Å². The summed E-state index contributed by atoms with van der Waals surface area (Å²) in [6, 6.07) is 0. The molecule has 3 nitrogen and oxygen atoms in total. The van der Waals surface area contributed by atoms with E-state index >= 15 is 0 Å². The first-order valence-electron chi connectivity index (χ1n) is 2.67. The van der Waals surface area contributed by atoms with Gasteiger partial charge in [0.15, 0.2) is 0 Å². The Hall–Kier alpha value is -1.01. The molecule has 0 aliphatic carbocycles. The number of rotatable bonds is 0. The second-order valence-corrected chi connectivity index (χ2v) is 1.77. The minimum atomic E-state index is -0.234. The van der Waals surface area contributed by atoms with Gasteiger partial charge >= 0.3 is 0 Å². The van der Waals surface area contributed by atoms with Crippen molar-refractivity contribution in [3.63, 3.8) is 0 Å². The van der Waals surface area contributed by atoms with Crippen molar-refractivity contribution in [3.8, 4) is 12.3 Å². The van der Waals surface area contributed by atoms with Gasteiger partial charge in [-0.15, -0.1) is 6.42 Å². The van der Waals surface area contributed by atoms with Crippen LogP contribution in [0.4, 0.5) is 0 Å². The number of amides is 1. The van der Waals surface area contributed by atoms with Gasteiger partial charge < -0.3 is 10.1 Å². The monoisotopic (exact) mass is 125 g/mol. The van der Waals surface area contributed by atoms with E-state index in [-0.39, 0.29) is 18.6 Å². The van der Waals surface area contributed by atoms with Gasteiger partial charge in [0.2, 0.25) is 5.91 Å². The van der Waals surface area contributed by atoms with Crippen LogP contribution in [-0.2, 0) is 9.53 Å². The van der Waals surface area contributed by atoms with E-state index in [9.17, 15) is 4.79 Å². The third kappa shape index (κ3) is 1.44. The molecular formula is C6H7NO2. The van der Waals surface area contributed by atoms with E-state index < -0.39 is 0 Å². The Labute approximate surface area is 53.4 Å². The summed E-state index contributed by atoms with van der Waals surface area (Å²) < 4.78 is 4.89. The highest BCUT2D eigenvalue weighted by atomic mass is 16.5. The fraction of sp³-hybridized carbons (Fsp3) is 0.500. The van der Waals surface area contributed by atoms with Crippen LogP contribution in [0.15, 0.2) is 0 Å². The van der Waals surface area contributed by atoms with Crippen LogP contribution in [0.5, 0.6) is 0 Å². The first kappa shape index (κ1) is 6.12. The first-order valence-corrected chi connectivity index (χ1v) is 2.67. The molecule has 1 fully saturated rings. The summed E-state index contributed by atoms with van der Waals surface area (Å²) in [7, 11) is 0. The van der Waals surface area contributed by atoms with Gasteiger partial charge in [0.05, 0.1) is 6.54 Å². The molecule has 9 heavy (non-hydrogen) atoms. The lowest BCUT2D eigenvalue weighted by molar-refractivity contribution is -0.131. The lowest BCUT2D eigenvalue weighted by Crippen LogP contribution is -2.42. The van der Waals surface area contributed by atoms with Gasteiger partial charge in [-0.1, -0.05) is 5.92 Å². The summed E-state index contributed by atoms with van der Waals surface area (Å²) in [6.45, 7) is 0.532. The Morgan fingerprint density at radius 1 is 1.89 bits per heavy atom. The normalized spacial score (nSPS) is 26.6. The van der Waals surface area contributed by atoms with E-state index in [1.807, 2.05) is 0 Å². The van der Waals surface area contributed by atoms with E-state index in [0.29, 0.717) is 6.54 Å². The average Bonchev–Trinajstić information content (AvgIpc) is 1.90. The molecule has 48 valence electrons. The molecule has 1 aliphatic heterocycles. The molecule has 0 aromatic heterocycles. The molecule has 0 aromatic carbocycles. The van der Waals surface area contributed by atoms with Gasteiger partial charge in [-0.2, -0.15) is 0 Å². The molecule has 1 N–H and O–H groups in total. The number of hydrogen-bond acceptors (Lipinski definition) is 2. The van der Waals surface area contributed by atoms with Crippen LogP contribution in [-0.4, -0.2) is 25.2 Å². The summed E-state index contributed by atoms with van der Waals surface area (Å²) in [6.07, 6.45) is 4.79. The van der Waals surface area contributed by atoms with Gasteiger partial charge in [-0.3, -0.25) is 4.79 Å². The van der Waals surface area contributed by atoms with Crippen molar-refractivity contribution in [2.24, 2.45) is 0 Å². The third-order valence-electron chi connectivity index (χ3n) is 1.09. The SMILES string of the molecule is C#C[C@@H]1CNC(=O)CO1. The molecule has 1 atom stereocenters. The standard InChI is InChI=1S/C6H7NO2/c1-2-5-3-7-6(8)4-9-5/h1,5H,3-4H2,(H,7,8)/t5-/m1/s1. The molecule has 1 aliphatic rings. The van der Waals surface area contributed by atoms with Crippen LogP contribution < -0.4 is 5.32 Å². The molecule has 0 aromatic rings. The minimum Gasteiger partial charge on any atom is -0.354 e. The Morgan fingerprint density at radius 3 is 3.11 bits per heavy atom. The molecule has 0 radical (unpaired) electrons. The fourth-order valence-corrected chi connectivity index (χ4v) is 0.600. The largest absolute Gasteiger partial charge is 0.354 e. The summed E-state index contributed by atoms with van der Waals surface area (Å²) >= 11 is 0. The van der Waals surface area contributed by atoms with Crippen molar-refractivity contribution >= 4 is 5.91 Å². The Bertz CT molecular complexity index is 149. The summed E-state index contributed by atoms with van der Waals surface area (Å²) in [5.74, 6) is 2.29. The number of morpholine rings is 1. The first-order chi connectivity index (χ1) is 4.33. The zero-order valence-corrected chi connectivity index (χ0v) is 4.89. The van der Waals surface area contributed by atoms with Gasteiger partial charge in [0, 0.05) is 0 Å². The number of hydrogen-bond donors (Lipinski definition) is 1. The zero-order valence-electron chi connectivity index (χ0n) is 4.89. The Balaban J connectivity index is 2.37. The smallest absolute Gasteiger partial charge is 0.246 e. The predicted octanol–water partition coefficient (Wildman–Crippen LogP) is -0.865. The van der Waals surface area contributed by atoms with Crippen LogP contribution >= 0.6 is 0 Å². The summed E-state index contributed by atoms with van der Waals surface area (Å²) in [5, 5.41) is 2.58. The predicted molar refractivity (Wildman–Crippen MR) is 31.6 cm³/mol. The van der Waals surface area contributed by atoms with Crippen molar-refractivity contribution in [3.05, 3.63) is 0 Å². The van der Waals surface area contributed by atoms with E-state index in [0.717, 1.165) is 0 Å². The maximum atomic E-state index is 10.4. The quantitative estimate of drug-likeness (QED) is 0.427. The van der Waals surface area contributed by atoms with Crippen molar-refractivity contribution in [2.75, 3.05) is 13.2 Å². The molecule has 0 spiro atoms. The number of carbonyl (C=O) groups excluding carboxylic acids is 1. The van der Waals surface area contributed by atoms with Crippen molar-refractivity contribution < 1.29 is 9.53 Å². The third-order valence-corrected chi connectivity index (χ3v) is 1.09. The van der Waals surface area contributed by atoms with Gasteiger partial charge in [0.25, 0.3) is 0 Å². The molecule has 1 saturated heterocycles. The number of terminal acetylenes is 1. The van der Waals surface area contributed by atoms with Crippen LogP contribution in [0.25, 0.3) is 0 Å². The second-order valence-electron chi connectivity index (χ2n) is 1.77. The number of ether oxygens (including phenoxy) is 1. The Morgan fingerprint density at radius 2 is 2.67 bits per heavy atom. The van der Waals surface area contributed by atoms with Gasteiger partial charge in [-0.05, 0) is 0 Å². The molecule has 1 amide bonds. The molecule has 0 unspecified atom stereocenters. The molecular weight excluding hydrogens is 118 g/mol. The second kappa shape index (κ2) is 2.51. The average molecular weight is 125 g/mol. The lowest BCUT2D eigenvalue weighted by Gasteiger charge is -2.17. The number of nitrogens with one attached hydrogen (secondary N) is 1. The minimum absolute atomic E-state index is 0.0921. The topological polar surface area (TPSA) is 38.3 Å². The van der Waals surface area contributed by atoms with Gasteiger partial charge in [-0.25, -0.2) is 0 Å². The highest BCUT2D eigenvalue weighted by Crippen LogP contribution is 1.92.